The lowest BCUT2D eigenvalue weighted by Gasteiger charge is -2.09. The van der Waals surface area contributed by atoms with Crippen molar-refractivity contribution in [3.63, 3.8) is 0 Å². The number of likely N-dealkylation sites (N-methyl/N-ethyl adjacent to an activating group) is 1. The molecule has 1 rings (SSSR count). The highest BCUT2D eigenvalue weighted by Crippen LogP contribution is 2.32. The minimum absolute atomic E-state index is 0.156. The maximum absolute atomic E-state index is 12.1. The van der Waals surface area contributed by atoms with Gasteiger partial charge in [-0.25, -0.2) is 0 Å². The minimum Gasteiger partial charge on any atom is -0.359 e. The van der Waals surface area contributed by atoms with Crippen molar-refractivity contribution in [2.75, 3.05) is 18.9 Å². The van der Waals surface area contributed by atoms with Gasteiger partial charge in [0.25, 0.3) is 0 Å². The maximum Gasteiger partial charge on any atom is 0.445 e. The number of alkyl halides is 3. The number of hydrogen-bond donors (Lipinski definition) is 2. The average molecular weight is 240 g/mol. The second-order valence-corrected chi connectivity index (χ2v) is 3.96. The van der Waals surface area contributed by atoms with E-state index >= 15 is 0 Å². The van der Waals surface area contributed by atoms with E-state index in [4.69, 9.17) is 0 Å². The molecule has 1 atom stereocenters. The monoisotopic (exact) mass is 240 g/mol. The van der Waals surface area contributed by atoms with Crippen LogP contribution in [0.4, 0.5) is 18.3 Å². The van der Waals surface area contributed by atoms with Crippen LogP contribution in [-0.2, 0) is 6.18 Å². The molecule has 0 aliphatic rings. The summed E-state index contributed by atoms with van der Waals surface area (Å²) >= 11 is 0.506. The highest BCUT2D eigenvalue weighted by atomic mass is 32.1. The molecule has 1 unspecified atom stereocenters. The van der Waals surface area contributed by atoms with Crippen molar-refractivity contribution in [1.82, 2.24) is 15.5 Å². The molecular weight excluding hydrogens is 229 g/mol. The summed E-state index contributed by atoms with van der Waals surface area (Å²) in [5, 5.41) is 11.4. The Hall–Kier alpha value is -0.890. The molecule has 0 saturated carbocycles. The molecular formula is C7H11F3N4S. The fraction of sp³-hybridized carbons (Fsp3) is 0.714. The van der Waals surface area contributed by atoms with Crippen LogP contribution in [0.2, 0.25) is 0 Å². The molecule has 0 radical (unpaired) electrons. The van der Waals surface area contributed by atoms with Crippen LogP contribution in [0.25, 0.3) is 0 Å². The van der Waals surface area contributed by atoms with Crippen LogP contribution >= 0.6 is 11.3 Å². The molecule has 0 aromatic carbocycles. The Balaban J connectivity index is 2.54. The number of rotatable bonds is 4. The third-order valence-corrected chi connectivity index (χ3v) is 2.65. The summed E-state index contributed by atoms with van der Waals surface area (Å²) in [7, 11) is 1.77. The molecule has 0 fully saturated rings. The minimum atomic E-state index is -4.41. The largest absolute Gasteiger partial charge is 0.445 e. The van der Waals surface area contributed by atoms with Crippen molar-refractivity contribution in [2.45, 2.75) is 19.1 Å². The lowest BCUT2D eigenvalue weighted by Crippen LogP contribution is -2.29. The second-order valence-electron chi connectivity index (χ2n) is 2.98. The fourth-order valence-corrected chi connectivity index (χ4v) is 1.37. The Labute approximate surface area is 88.9 Å². The highest BCUT2D eigenvalue weighted by molar-refractivity contribution is 7.15. The Morgan fingerprint density at radius 2 is 2.07 bits per heavy atom. The Morgan fingerprint density at radius 3 is 2.53 bits per heavy atom. The number of aromatic nitrogens is 2. The van der Waals surface area contributed by atoms with Crippen LogP contribution in [0, 0.1) is 0 Å². The van der Waals surface area contributed by atoms with Crippen molar-refractivity contribution >= 4 is 16.5 Å². The first-order chi connectivity index (χ1) is 6.93. The Kier molecular flexibility index (Phi) is 3.86. The number of hydrogen-bond acceptors (Lipinski definition) is 5. The van der Waals surface area contributed by atoms with E-state index in [2.05, 4.69) is 20.8 Å². The molecule has 1 aromatic heterocycles. The van der Waals surface area contributed by atoms with E-state index in [9.17, 15) is 13.2 Å². The van der Waals surface area contributed by atoms with Gasteiger partial charge in [-0.15, -0.1) is 10.2 Å². The van der Waals surface area contributed by atoms with E-state index in [1.165, 1.54) is 0 Å². The lowest BCUT2D eigenvalue weighted by molar-refractivity contribution is -0.138. The number of nitrogens with zero attached hydrogens (tertiary/aromatic N) is 2. The first-order valence-electron chi connectivity index (χ1n) is 4.25. The van der Waals surface area contributed by atoms with E-state index < -0.39 is 11.2 Å². The van der Waals surface area contributed by atoms with Crippen molar-refractivity contribution in [3.05, 3.63) is 5.01 Å². The van der Waals surface area contributed by atoms with Gasteiger partial charge in [-0.2, -0.15) is 13.2 Å². The van der Waals surface area contributed by atoms with Crippen LogP contribution < -0.4 is 10.6 Å². The number of halogens is 3. The lowest BCUT2D eigenvalue weighted by atomic mass is 10.3. The number of anilines is 1. The predicted molar refractivity (Wildman–Crippen MR) is 51.9 cm³/mol. The van der Waals surface area contributed by atoms with Gasteiger partial charge in [0.1, 0.15) is 0 Å². The summed E-state index contributed by atoms with van der Waals surface area (Å²) in [6, 6.07) is 0.156. The summed E-state index contributed by atoms with van der Waals surface area (Å²) in [4.78, 5) is 0. The van der Waals surface area contributed by atoms with Gasteiger partial charge in [0.05, 0.1) is 0 Å². The average Bonchev–Trinajstić information content (AvgIpc) is 2.61. The van der Waals surface area contributed by atoms with Gasteiger partial charge in [-0.1, -0.05) is 11.3 Å². The molecule has 0 spiro atoms. The van der Waals surface area contributed by atoms with E-state index in [0.29, 0.717) is 17.9 Å². The van der Waals surface area contributed by atoms with Crippen molar-refractivity contribution < 1.29 is 13.2 Å². The van der Waals surface area contributed by atoms with Gasteiger partial charge in [-0.3, -0.25) is 0 Å². The van der Waals surface area contributed by atoms with Gasteiger partial charge in [0.2, 0.25) is 10.1 Å². The van der Waals surface area contributed by atoms with Crippen LogP contribution in [0.3, 0.4) is 0 Å². The SMILES string of the molecule is CNC(C)CNc1nnc(C(F)(F)F)s1. The topological polar surface area (TPSA) is 49.8 Å². The maximum atomic E-state index is 12.1. The molecule has 0 bridgehead atoms. The molecule has 1 heterocycles. The Bertz CT molecular complexity index is 311. The smallest absolute Gasteiger partial charge is 0.359 e. The first kappa shape index (κ1) is 12.2. The third-order valence-electron chi connectivity index (χ3n) is 1.72. The van der Waals surface area contributed by atoms with Gasteiger partial charge in [0, 0.05) is 12.6 Å². The molecule has 0 aliphatic heterocycles. The summed E-state index contributed by atoms with van der Waals surface area (Å²) in [5.41, 5.74) is 0. The van der Waals surface area contributed by atoms with Crippen LogP contribution in [0.5, 0.6) is 0 Å². The predicted octanol–water partition coefficient (Wildman–Crippen LogP) is 1.58. The van der Waals surface area contributed by atoms with Crippen molar-refractivity contribution in [2.24, 2.45) is 0 Å². The van der Waals surface area contributed by atoms with Crippen LogP contribution in [0.15, 0.2) is 0 Å². The first-order valence-corrected chi connectivity index (χ1v) is 5.07. The van der Waals surface area contributed by atoms with E-state index in [1.807, 2.05) is 6.92 Å². The fourth-order valence-electron chi connectivity index (χ4n) is 0.752. The van der Waals surface area contributed by atoms with Gasteiger partial charge in [-0.05, 0) is 14.0 Å². The third kappa shape index (κ3) is 3.63. The van der Waals surface area contributed by atoms with E-state index in [1.54, 1.807) is 7.05 Å². The summed E-state index contributed by atoms with van der Waals surface area (Å²) in [5.74, 6) is 0. The molecule has 4 nitrogen and oxygen atoms in total. The molecule has 86 valence electrons. The van der Waals surface area contributed by atoms with E-state index in [-0.39, 0.29) is 11.2 Å². The molecule has 1 aromatic rings. The second kappa shape index (κ2) is 4.75. The standard InChI is InChI=1S/C7H11F3N4S/c1-4(11-2)3-12-6-14-13-5(15-6)7(8,9)10/h4,11H,3H2,1-2H3,(H,12,14). The summed E-state index contributed by atoms with van der Waals surface area (Å²) in [6.45, 7) is 2.40. The van der Waals surface area contributed by atoms with Crippen LogP contribution in [0.1, 0.15) is 11.9 Å². The van der Waals surface area contributed by atoms with Gasteiger partial charge in [0.15, 0.2) is 0 Å². The van der Waals surface area contributed by atoms with Gasteiger partial charge >= 0.3 is 6.18 Å². The van der Waals surface area contributed by atoms with Crippen LogP contribution in [-0.4, -0.2) is 29.8 Å². The summed E-state index contributed by atoms with van der Waals surface area (Å²) < 4.78 is 36.4. The molecule has 0 saturated heterocycles. The number of nitrogens with one attached hydrogen (secondary N) is 2. The Morgan fingerprint density at radius 1 is 1.40 bits per heavy atom. The zero-order valence-electron chi connectivity index (χ0n) is 8.22. The highest BCUT2D eigenvalue weighted by Gasteiger charge is 2.35. The van der Waals surface area contributed by atoms with E-state index in [0.717, 1.165) is 0 Å². The zero-order valence-corrected chi connectivity index (χ0v) is 9.04. The summed E-state index contributed by atoms with van der Waals surface area (Å²) in [6.07, 6.45) is -4.41. The normalized spacial score (nSPS) is 13.9. The van der Waals surface area contributed by atoms with Crippen molar-refractivity contribution in [1.29, 1.82) is 0 Å². The van der Waals surface area contributed by atoms with Gasteiger partial charge < -0.3 is 10.6 Å². The molecule has 8 heteroatoms. The quantitative estimate of drug-likeness (QED) is 0.839. The molecule has 2 N–H and O–H groups in total. The zero-order chi connectivity index (χ0) is 11.5. The molecule has 0 aliphatic carbocycles. The molecule has 15 heavy (non-hydrogen) atoms. The molecule has 0 amide bonds. The van der Waals surface area contributed by atoms with Crippen molar-refractivity contribution in [3.8, 4) is 0 Å².